The van der Waals surface area contributed by atoms with Crippen LogP contribution in [0.15, 0.2) is 12.3 Å². The zero-order valence-corrected chi connectivity index (χ0v) is 10.6. The third-order valence-electron chi connectivity index (χ3n) is 2.51. The Hall–Kier alpha value is -1.17. The molecule has 6 heteroatoms. The van der Waals surface area contributed by atoms with Crippen LogP contribution >= 0.6 is 0 Å². The van der Waals surface area contributed by atoms with Crippen LogP contribution in [0, 0.1) is 6.92 Å². The highest BCUT2D eigenvalue weighted by Crippen LogP contribution is 2.26. The van der Waals surface area contributed by atoms with Crippen molar-refractivity contribution < 1.29 is 13.2 Å². The molecule has 1 atom stereocenters. The Morgan fingerprint density at radius 1 is 1.39 bits per heavy atom. The summed E-state index contributed by atoms with van der Waals surface area (Å²) >= 11 is 0. The molecule has 0 saturated heterocycles. The van der Waals surface area contributed by atoms with Crippen molar-refractivity contribution in [1.82, 2.24) is 15.3 Å². The Bertz CT molecular complexity index is 366. The molecule has 0 amide bonds. The van der Waals surface area contributed by atoms with Crippen LogP contribution in [0.25, 0.3) is 0 Å². The molecule has 1 aromatic rings. The van der Waals surface area contributed by atoms with Gasteiger partial charge in [0.15, 0.2) is 0 Å². The summed E-state index contributed by atoms with van der Waals surface area (Å²) in [5, 5.41) is 3.10. The quantitative estimate of drug-likeness (QED) is 0.854. The fraction of sp³-hybridized carbons (Fsp3) is 0.667. The predicted octanol–water partition coefficient (Wildman–Crippen LogP) is 3.17. The lowest BCUT2D eigenvalue weighted by Gasteiger charge is -2.19. The molecule has 3 nitrogen and oxygen atoms in total. The van der Waals surface area contributed by atoms with E-state index in [0.717, 1.165) is 6.42 Å². The van der Waals surface area contributed by atoms with Crippen molar-refractivity contribution in [2.45, 2.75) is 45.3 Å². The number of hydrogen-bond acceptors (Lipinski definition) is 3. The maximum Gasteiger partial charge on any atom is 0.389 e. The second kappa shape index (κ2) is 6.68. The molecule has 0 aliphatic carbocycles. The summed E-state index contributed by atoms with van der Waals surface area (Å²) in [5.74, 6) is 0.572. The van der Waals surface area contributed by atoms with Gasteiger partial charge >= 0.3 is 6.18 Å². The van der Waals surface area contributed by atoms with Gasteiger partial charge in [-0.25, -0.2) is 9.97 Å². The van der Waals surface area contributed by atoms with E-state index in [1.165, 1.54) is 0 Å². The topological polar surface area (TPSA) is 37.8 Å². The maximum absolute atomic E-state index is 12.3. The first-order valence-corrected chi connectivity index (χ1v) is 6.02. The Morgan fingerprint density at radius 3 is 2.67 bits per heavy atom. The highest BCUT2D eigenvalue weighted by molar-refractivity contribution is 5.07. The number of aromatic nitrogens is 2. The van der Waals surface area contributed by atoms with Crippen molar-refractivity contribution >= 4 is 0 Å². The molecule has 1 rings (SSSR count). The zero-order valence-electron chi connectivity index (χ0n) is 10.6. The van der Waals surface area contributed by atoms with Gasteiger partial charge in [-0.15, -0.1) is 0 Å². The van der Waals surface area contributed by atoms with Crippen LogP contribution < -0.4 is 5.32 Å². The van der Waals surface area contributed by atoms with Crippen LogP contribution in [0.1, 0.15) is 43.7 Å². The number of nitrogens with one attached hydrogen (secondary N) is 1. The van der Waals surface area contributed by atoms with Crippen molar-refractivity contribution in [3.05, 3.63) is 23.8 Å². The standard InChI is InChI=1S/C12H18F3N3/c1-3-7-17-10(4-6-12(13,14)15)11-5-8-16-9(2)18-11/h5,8,10,17H,3-4,6-7H2,1-2H3. The third kappa shape index (κ3) is 5.44. The van der Waals surface area contributed by atoms with Gasteiger partial charge in [-0.3, -0.25) is 0 Å². The molecule has 0 bridgehead atoms. The first-order valence-electron chi connectivity index (χ1n) is 6.02. The number of hydrogen-bond donors (Lipinski definition) is 1. The van der Waals surface area contributed by atoms with E-state index < -0.39 is 12.6 Å². The molecule has 1 heterocycles. The van der Waals surface area contributed by atoms with Gasteiger partial charge in [-0.05, 0) is 32.4 Å². The van der Waals surface area contributed by atoms with Crippen LogP contribution in [-0.2, 0) is 0 Å². The minimum absolute atomic E-state index is 0.0000463. The van der Waals surface area contributed by atoms with E-state index in [1.807, 2.05) is 6.92 Å². The molecular formula is C12H18F3N3. The average Bonchev–Trinajstić information content (AvgIpc) is 2.28. The molecule has 0 aliphatic heterocycles. The minimum atomic E-state index is -4.13. The Labute approximate surface area is 105 Å². The van der Waals surface area contributed by atoms with Crippen LogP contribution in [0.3, 0.4) is 0 Å². The highest BCUT2D eigenvalue weighted by atomic mass is 19.4. The molecule has 0 aliphatic rings. The fourth-order valence-corrected chi connectivity index (χ4v) is 1.65. The maximum atomic E-state index is 12.3. The van der Waals surface area contributed by atoms with E-state index in [2.05, 4.69) is 15.3 Å². The van der Waals surface area contributed by atoms with Crippen molar-refractivity contribution in [1.29, 1.82) is 0 Å². The Morgan fingerprint density at radius 2 is 2.11 bits per heavy atom. The van der Waals surface area contributed by atoms with E-state index in [-0.39, 0.29) is 12.5 Å². The Balaban J connectivity index is 2.71. The molecule has 1 N–H and O–H groups in total. The second-order valence-electron chi connectivity index (χ2n) is 4.19. The lowest BCUT2D eigenvalue weighted by atomic mass is 10.1. The largest absolute Gasteiger partial charge is 0.389 e. The molecule has 1 unspecified atom stereocenters. The molecular weight excluding hydrogens is 243 g/mol. The predicted molar refractivity (Wildman–Crippen MR) is 63.1 cm³/mol. The number of aryl methyl sites for hydroxylation is 1. The summed E-state index contributed by atoms with van der Waals surface area (Å²) in [6.07, 6.45) is -2.50. The fourth-order valence-electron chi connectivity index (χ4n) is 1.65. The van der Waals surface area contributed by atoms with E-state index in [0.29, 0.717) is 18.1 Å². The summed E-state index contributed by atoms with van der Waals surface area (Å²) < 4.78 is 36.8. The van der Waals surface area contributed by atoms with Gasteiger partial charge < -0.3 is 5.32 Å². The van der Waals surface area contributed by atoms with E-state index in [9.17, 15) is 13.2 Å². The molecule has 0 saturated carbocycles. The van der Waals surface area contributed by atoms with Crippen LogP contribution in [0.2, 0.25) is 0 Å². The summed E-state index contributed by atoms with van der Waals surface area (Å²) in [6.45, 7) is 4.37. The third-order valence-corrected chi connectivity index (χ3v) is 2.51. The normalized spacial score (nSPS) is 13.6. The summed E-state index contributed by atoms with van der Waals surface area (Å²) in [5.41, 5.74) is 0.625. The van der Waals surface area contributed by atoms with E-state index >= 15 is 0 Å². The lowest BCUT2D eigenvalue weighted by Crippen LogP contribution is -2.25. The lowest BCUT2D eigenvalue weighted by molar-refractivity contribution is -0.136. The highest BCUT2D eigenvalue weighted by Gasteiger charge is 2.28. The average molecular weight is 261 g/mol. The van der Waals surface area contributed by atoms with Gasteiger partial charge in [0.1, 0.15) is 5.82 Å². The molecule has 1 aromatic heterocycles. The first-order chi connectivity index (χ1) is 8.42. The van der Waals surface area contributed by atoms with Gasteiger partial charge in [0, 0.05) is 18.7 Å². The first kappa shape index (κ1) is 14.9. The van der Waals surface area contributed by atoms with Crippen LogP contribution in [0.5, 0.6) is 0 Å². The van der Waals surface area contributed by atoms with Gasteiger partial charge in [0.05, 0.1) is 5.69 Å². The SMILES string of the molecule is CCCNC(CCC(F)(F)F)c1ccnc(C)n1. The number of nitrogens with zero attached hydrogens (tertiary/aromatic N) is 2. The molecule has 18 heavy (non-hydrogen) atoms. The molecule has 0 radical (unpaired) electrons. The monoisotopic (exact) mass is 261 g/mol. The van der Waals surface area contributed by atoms with Crippen molar-refractivity contribution in [3.8, 4) is 0 Å². The van der Waals surface area contributed by atoms with E-state index in [4.69, 9.17) is 0 Å². The van der Waals surface area contributed by atoms with Crippen molar-refractivity contribution in [2.24, 2.45) is 0 Å². The van der Waals surface area contributed by atoms with Crippen LogP contribution in [0.4, 0.5) is 13.2 Å². The van der Waals surface area contributed by atoms with Gasteiger partial charge in [0.2, 0.25) is 0 Å². The molecule has 0 spiro atoms. The van der Waals surface area contributed by atoms with E-state index in [1.54, 1.807) is 19.2 Å². The molecule has 0 aromatic carbocycles. The summed E-state index contributed by atoms with van der Waals surface area (Å²) in [7, 11) is 0. The molecule has 0 fully saturated rings. The van der Waals surface area contributed by atoms with Gasteiger partial charge in [-0.2, -0.15) is 13.2 Å². The smallest absolute Gasteiger partial charge is 0.309 e. The Kier molecular flexibility index (Phi) is 5.53. The zero-order chi connectivity index (χ0) is 13.6. The minimum Gasteiger partial charge on any atom is -0.309 e. The van der Waals surface area contributed by atoms with Crippen LogP contribution in [-0.4, -0.2) is 22.7 Å². The molecule has 102 valence electrons. The summed E-state index contributed by atoms with van der Waals surface area (Å²) in [6, 6.07) is 1.30. The number of halogens is 3. The summed E-state index contributed by atoms with van der Waals surface area (Å²) in [4.78, 5) is 8.14. The van der Waals surface area contributed by atoms with Crippen molar-refractivity contribution in [3.63, 3.8) is 0 Å². The van der Waals surface area contributed by atoms with Gasteiger partial charge in [-0.1, -0.05) is 6.92 Å². The number of rotatable bonds is 6. The van der Waals surface area contributed by atoms with Gasteiger partial charge in [0.25, 0.3) is 0 Å². The second-order valence-corrected chi connectivity index (χ2v) is 4.19. The number of alkyl halides is 3. The van der Waals surface area contributed by atoms with Crippen molar-refractivity contribution in [2.75, 3.05) is 6.54 Å².